The molecule has 0 spiro atoms. The van der Waals surface area contributed by atoms with E-state index in [1.165, 1.54) is 4.90 Å². The van der Waals surface area contributed by atoms with Gasteiger partial charge in [-0.1, -0.05) is 63.2 Å². The number of hydrogen-bond donors (Lipinski definition) is 1. The molecule has 5 rings (SSSR count). The highest BCUT2D eigenvalue weighted by Crippen LogP contribution is 2.31. The number of hydrogen-bond acceptors (Lipinski definition) is 6. The molecule has 3 aromatic rings. The van der Waals surface area contributed by atoms with Crippen LogP contribution in [-0.2, 0) is 5.41 Å². The Labute approximate surface area is 224 Å². The van der Waals surface area contributed by atoms with Gasteiger partial charge in [-0.05, 0) is 34.6 Å². The number of piperazine rings is 1. The minimum Gasteiger partial charge on any atom is -0.491 e. The van der Waals surface area contributed by atoms with Gasteiger partial charge < -0.3 is 9.84 Å². The summed E-state index contributed by atoms with van der Waals surface area (Å²) >= 11 is 0. The molecule has 0 aromatic heterocycles. The van der Waals surface area contributed by atoms with Crippen LogP contribution in [0.4, 0.5) is 0 Å². The molecule has 2 aliphatic rings. The van der Waals surface area contributed by atoms with Crippen LogP contribution in [0.25, 0.3) is 10.8 Å². The molecular formula is C31H37N3O4. The van der Waals surface area contributed by atoms with Crippen LogP contribution in [0.2, 0.25) is 0 Å². The van der Waals surface area contributed by atoms with E-state index in [1.54, 1.807) is 0 Å². The molecule has 2 aliphatic heterocycles. The summed E-state index contributed by atoms with van der Waals surface area (Å²) < 4.78 is 6.00. The average Bonchev–Trinajstić information content (AvgIpc) is 2.91. The van der Waals surface area contributed by atoms with Crippen LogP contribution in [0, 0.1) is 0 Å². The number of carbonyl (C=O) groups excluding carboxylic acids is 2. The monoisotopic (exact) mass is 515 g/mol. The third kappa shape index (κ3) is 5.46. The number of imide groups is 1. The molecule has 0 bridgehead atoms. The topological polar surface area (TPSA) is 73.3 Å². The first-order valence-corrected chi connectivity index (χ1v) is 13.5. The summed E-state index contributed by atoms with van der Waals surface area (Å²) in [6.07, 6.45) is -0.582. The van der Waals surface area contributed by atoms with Gasteiger partial charge in [-0.25, -0.2) is 0 Å². The van der Waals surface area contributed by atoms with E-state index in [4.69, 9.17) is 4.74 Å². The van der Waals surface area contributed by atoms with E-state index < -0.39 is 6.10 Å². The Hall–Kier alpha value is -3.26. The van der Waals surface area contributed by atoms with E-state index in [0.717, 1.165) is 48.3 Å². The van der Waals surface area contributed by atoms with Crippen LogP contribution in [0.5, 0.6) is 5.75 Å². The highest BCUT2D eigenvalue weighted by Gasteiger charge is 2.33. The number of ether oxygens (including phenoxy) is 1. The molecule has 0 aliphatic carbocycles. The standard InChI is InChI=1S/C31H37N3O4/c1-31(2,3)26-12-4-5-13-27(26)38-21-23(35)20-33-16-14-32(15-17-33)18-19-34-29(36)24-10-6-8-22-9-7-11-25(28(22)24)30(34)37/h4-13,23,35H,14-21H2,1-3H3/t23-/m1/s1. The van der Waals surface area contributed by atoms with Crippen molar-refractivity contribution in [3.8, 4) is 5.75 Å². The van der Waals surface area contributed by atoms with Crippen LogP contribution in [0.3, 0.4) is 0 Å². The van der Waals surface area contributed by atoms with Crippen LogP contribution in [-0.4, -0.2) is 90.1 Å². The highest BCUT2D eigenvalue weighted by atomic mass is 16.5. The molecule has 2 amide bonds. The number of aliphatic hydroxyl groups excluding tert-OH is 1. The lowest BCUT2D eigenvalue weighted by molar-refractivity contribution is 0.0413. The number of aliphatic hydroxyl groups is 1. The zero-order valence-electron chi connectivity index (χ0n) is 22.5. The van der Waals surface area contributed by atoms with Gasteiger partial charge >= 0.3 is 0 Å². The lowest BCUT2D eigenvalue weighted by Gasteiger charge is -2.36. The Bertz CT molecular complexity index is 1270. The lowest BCUT2D eigenvalue weighted by atomic mass is 9.86. The fraction of sp³-hybridized carbons (Fsp3) is 0.419. The number of amides is 2. The number of carbonyl (C=O) groups is 2. The molecule has 3 aromatic carbocycles. The molecule has 0 saturated carbocycles. The SMILES string of the molecule is CC(C)(C)c1ccccc1OC[C@H](O)CN1CCN(CCN2C(=O)c3cccc4cccc(c34)C2=O)CC1. The number of benzene rings is 3. The van der Waals surface area contributed by atoms with Gasteiger partial charge in [-0.3, -0.25) is 24.3 Å². The summed E-state index contributed by atoms with van der Waals surface area (Å²) in [6.45, 7) is 11.6. The Morgan fingerprint density at radius 2 is 1.42 bits per heavy atom. The van der Waals surface area contributed by atoms with Gasteiger partial charge in [0.05, 0.1) is 0 Å². The largest absolute Gasteiger partial charge is 0.491 e. The van der Waals surface area contributed by atoms with Crippen molar-refractivity contribution in [2.24, 2.45) is 0 Å². The number of rotatable bonds is 8. The van der Waals surface area contributed by atoms with Crippen molar-refractivity contribution in [2.75, 3.05) is 52.4 Å². The Morgan fingerprint density at radius 3 is 2.05 bits per heavy atom. The van der Waals surface area contributed by atoms with E-state index in [9.17, 15) is 14.7 Å². The van der Waals surface area contributed by atoms with E-state index in [2.05, 4.69) is 36.6 Å². The van der Waals surface area contributed by atoms with Gasteiger partial charge in [-0.2, -0.15) is 0 Å². The normalized spacial score (nSPS) is 17.7. The number of para-hydroxylation sites is 1. The summed E-state index contributed by atoms with van der Waals surface area (Å²) in [6, 6.07) is 19.2. The fourth-order valence-electron chi connectivity index (χ4n) is 5.47. The molecule has 1 saturated heterocycles. The van der Waals surface area contributed by atoms with Gasteiger partial charge in [0.15, 0.2) is 0 Å². The first-order chi connectivity index (χ1) is 18.2. The van der Waals surface area contributed by atoms with Crippen molar-refractivity contribution in [1.82, 2.24) is 14.7 Å². The number of β-amino-alcohol motifs (C(OH)–C–C–N with tert-alkyl or cyclic N) is 1. The van der Waals surface area contributed by atoms with Crippen molar-refractivity contribution in [3.05, 3.63) is 77.4 Å². The zero-order valence-corrected chi connectivity index (χ0v) is 22.5. The van der Waals surface area contributed by atoms with Gasteiger partial charge in [0.1, 0.15) is 18.5 Å². The summed E-state index contributed by atoms with van der Waals surface area (Å²) in [5.74, 6) is 0.396. The molecule has 0 unspecified atom stereocenters. The summed E-state index contributed by atoms with van der Waals surface area (Å²) in [7, 11) is 0. The van der Waals surface area contributed by atoms with Crippen LogP contribution < -0.4 is 4.74 Å². The van der Waals surface area contributed by atoms with Gasteiger partial charge in [0, 0.05) is 62.3 Å². The number of nitrogens with zero attached hydrogens (tertiary/aromatic N) is 3. The second kappa shape index (κ2) is 10.8. The fourth-order valence-corrected chi connectivity index (χ4v) is 5.47. The van der Waals surface area contributed by atoms with Gasteiger partial charge in [0.2, 0.25) is 0 Å². The molecule has 2 heterocycles. The molecule has 1 fully saturated rings. The van der Waals surface area contributed by atoms with E-state index in [0.29, 0.717) is 30.8 Å². The molecular weight excluding hydrogens is 478 g/mol. The maximum absolute atomic E-state index is 13.1. The maximum Gasteiger partial charge on any atom is 0.261 e. The van der Waals surface area contributed by atoms with Crippen molar-refractivity contribution in [2.45, 2.75) is 32.3 Å². The molecule has 200 valence electrons. The first-order valence-electron chi connectivity index (χ1n) is 13.5. The van der Waals surface area contributed by atoms with Crippen LogP contribution >= 0.6 is 0 Å². The predicted molar refractivity (Wildman–Crippen MR) is 149 cm³/mol. The van der Waals surface area contributed by atoms with Crippen LogP contribution in [0.1, 0.15) is 47.1 Å². The highest BCUT2D eigenvalue weighted by molar-refractivity contribution is 6.25. The maximum atomic E-state index is 13.1. The third-order valence-electron chi connectivity index (χ3n) is 7.56. The van der Waals surface area contributed by atoms with E-state index >= 15 is 0 Å². The molecule has 1 atom stereocenters. The Morgan fingerprint density at radius 1 is 0.816 bits per heavy atom. The molecule has 7 heteroatoms. The minimum absolute atomic E-state index is 0.0297. The first kappa shape index (κ1) is 26.4. The van der Waals surface area contributed by atoms with Crippen LogP contribution in [0.15, 0.2) is 60.7 Å². The molecule has 7 nitrogen and oxygen atoms in total. The Balaban J connectivity index is 1.10. The van der Waals surface area contributed by atoms with Gasteiger partial charge in [0.25, 0.3) is 11.8 Å². The molecule has 38 heavy (non-hydrogen) atoms. The second-order valence-electron chi connectivity index (χ2n) is 11.3. The third-order valence-corrected chi connectivity index (χ3v) is 7.56. The summed E-state index contributed by atoms with van der Waals surface area (Å²) in [4.78, 5) is 32.2. The quantitative estimate of drug-likeness (QED) is 0.460. The summed E-state index contributed by atoms with van der Waals surface area (Å²) in [5, 5.41) is 12.3. The van der Waals surface area contributed by atoms with Crippen molar-refractivity contribution in [3.63, 3.8) is 0 Å². The predicted octanol–water partition coefficient (Wildman–Crippen LogP) is 3.79. The zero-order chi connectivity index (χ0) is 26.9. The second-order valence-corrected chi connectivity index (χ2v) is 11.3. The van der Waals surface area contributed by atoms with E-state index in [1.807, 2.05) is 54.6 Å². The molecule has 1 N–H and O–H groups in total. The molecule has 0 radical (unpaired) electrons. The van der Waals surface area contributed by atoms with Crippen molar-refractivity contribution >= 4 is 22.6 Å². The lowest BCUT2D eigenvalue weighted by Crippen LogP contribution is -2.51. The van der Waals surface area contributed by atoms with Crippen molar-refractivity contribution < 1.29 is 19.4 Å². The summed E-state index contributed by atoms with van der Waals surface area (Å²) in [5.41, 5.74) is 2.30. The van der Waals surface area contributed by atoms with E-state index in [-0.39, 0.29) is 23.8 Å². The van der Waals surface area contributed by atoms with Crippen molar-refractivity contribution in [1.29, 1.82) is 0 Å². The average molecular weight is 516 g/mol. The Kier molecular flexibility index (Phi) is 7.52. The smallest absolute Gasteiger partial charge is 0.261 e. The van der Waals surface area contributed by atoms with Gasteiger partial charge in [-0.15, -0.1) is 0 Å². The minimum atomic E-state index is -0.582.